The molecule has 0 radical (unpaired) electrons. The van der Waals surface area contributed by atoms with Crippen molar-refractivity contribution in [2.24, 2.45) is 0 Å². The highest BCUT2D eigenvalue weighted by molar-refractivity contribution is 6.16. The fourth-order valence-corrected chi connectivity index (χ4v) is 2.38. The average molecular weight is 282 g/mol. The van der Waals surface area contributed by atoms with Crippen LogP contribution < -0.4 is 15.0 Å². The van der Waals surface area contributed by atoms with E-state index in [0.717, 1.165) is 0 Å². The molecule has 0 atom stereocenters. The number of hydrogen-bond acceptors (Lipinski definition) is 3. The Morgan fingerprint density at radius 3 is 2.67 bits per heavy atom. The fraction of sp³-hybridized carbons (Fsp3) is 0.125. The van der Waals surface area contributed by atoms with Crippen molar-refractivity contribution in [1.82, 2.24) is 0 Å². The van der Waals surface area contributed by atoms with E-state index in [1.165, 1.54) is 12.0 Å². The summed E-state index contributed by atoms with van der Waals surface area (Å²) in [4.78, 5) is 26.0. The quantitative estimate of drug-likeness (QED) is 0.919. The molecule has 0 fully saturated rings. The van der Waals surface area contributed by atoms with Gasteiger partial charge in [-0.1, -0.05) is 24.3 Å². The second kappa shape index (κ2) is 5.28. The number of para-hydroxylation sites is 3. The number of anilines is 2. The third-order valence-corrected chi connectivity index (χ3v) is 3.35. The summed E-state index contributed by atoms with van der Waals surface area (Å²) >= 11 is 0. The number of carbonyl (C=O) groups excluding carboxylic acids is 2. The summed E-state index contributed by atoms with van der Waals surface area (Å²) in [5, 5.41) is 2.76. The summed E-state index contributed by atoms with van der Waals surface area (Å²) in [7, 11) is 1.52. The number of fused-ring (bicyclic) bond motifs is 1. The molecular weight excluding hydrogens is 268 g/mol. The van der Waals surface area contributed by atoms with Crippen LogP contribution in [0.5, 0.6) is 5.75 Å². The molecule has 5 nitrogen and oxygen atoms in total. The molecule has 2 aromatic rings. The molecular formula is C16H14N2O3. The summed E-state index contributed by atoms with van der Waals surface area (Å²) in [6.45, 7) is -0.00606. The third-order valence-electron chi connectivity index (χ3n) is 3.35. The molecule has 106 valence electrons. The zero-order valence-corrected chi connectivity index (χ0v) is 11.5. The van der Waals surface area contributed by atoms with Gasteiger partial charge in [-0.2, -0.15) is 0 Å². The van der Waals surface area contributed by atoms with Gasteiger partial charge in [0, 0.05) is 0 Å². The van der Waals surface area contributed by atoms with Crippen LogP contribution >= 0.6 is 0 Å². The first kappa shape index (κ1) is 13.2. The molecule has 1 heterocycles. The van der Waals surface area contributed by atoms with Crippen LogP contribution in [0.4, 0.5) is 11.4 Å². The molecule has 1 aliphatic heterocycles. The number of ether oxygens (including phenoxy) is 1. The summed E-state index contributed by atoms with van der Waals surface area (Å²) in [5.41, 5.74) is 1.76. The van der Waals surface area contributed by atoms with Gasteiger partial charge < -0.3 is 10.1 Å². The lowest BCUT2D eigenvalue weighted by Gasteiger charge is -2.29. The number of rotatable bonds is 2. The Kier molecular flexibility index (Phi) is 3.31. The standard InChI is InChI=1S/C16H14N2O3/c1-21-14-9-5-2-6-11(14)16(20)18-10-15(19)17-12-7-3-4-8-13(12)18/h2-9H,10H2,1H3,(H,17,19). The summed E-state index contributed by atoms with van der Waals surface area (Å²) in [6, 6.07) is 14.2. The monoisotopic (exact) mass is 282 g/mol. The molecule has 5 heteroatoms. The minimum atomic E-state index is -0.255. The molecule has 0 unspecified atom stereocenters. The molecule has 0 aliphatic carbocycles. The van der Waals surface area contributed by atoms with Gasteiger partial charge in [-0.05, 0) is 24.3 Å². The van der Waals surface area contributed by atoms with E-state index in [0.29, 0.717) is 22.7 Å². The average Bonchev–Trinajstić information content (AvgIpc) is 2.53. The maximum atomic E-state index is 12.8. The first-order valence-electron chi connectivity index (χ1n) is 6.54. The van der Waals surface area contributed by atoms with Gasteiger partial charge in [0.25, 0.3) is 5.91 Å². The van der Waals surface area contributed by atoms with Gasteiger partial charge in [-0.3, -0.25) is 14.5 Å². The first-order chi connectivity index (χ1) is 10.2. The first-order valence-corrected chi connectivity index (χ1v) is 6.54. The Hall–Kier alpha value is -2.82. The lowest BCUT2D eigenvalue weighted by molar-refractivity contribution is -0.115. The zero-order valence-electron chi connectivity index (χ0n) is 11.5. The van der Waals surface area contributed by atoms with Crippen molar-refractivity contribution in [3.63, 3.8) is 0 Å². The van der Waals surface area contributed by atoms with Crippen LogP contribution in [0.15, 0.2) is 48.5 Å². The van der Waals surface area contributed by atoms with Crippen LogP contribution in [0, 0.1) is 0 Å². The molecule has 0 aromatic heterocycles. The topological polar surface area (TPSA) is 58.6 Å². The van der Waals surface area contributed by atoms with Crippen molar-refractivity contribution in [1.29, 1.82) is 0 Å². The molecule has 0 bridgehead atoms. The minimum absolute atomic E-state index is 0.00606. The van der Waals surface area contributed by atoms with Crippen molar-refractivity contribution < 1.29 is 14.3 Å². The second-order valence-electron chi connectivity index (χ2n) is 4.66. The highest BCUT2D eigenvalue weighted by atomic mass is 16.5. The molecule has 0 spiro atoms. The van der Waals surface area contributed by atoms with Crippen LogP contribution in [0.25, 0.3) is 0 Å². The number of amides is 2. The van der Waals surface area contributed by atoms with E-state index < -0.39 is 0 Å². The summed E-state index contributed by atoms with van der Waals surface area (Å²) in [6.07, 6.45) is 0. The zero-order chi connectivity index (χ0) is 14.8. The number of carbonyl (C=O) groups is 2. The van der Waals surface area contributed by atoms with Crippen molar-refractivity contribution in [3.8, 4) is 5.75 Å². The van der Waals surface area contributed by atoms with Gasteiger partial charge in [0.2, 0.25) is 5.91 Å². The highest BCUT2D eigenvalue weighted by Crippen LogP contribution is 2.31. The maximum absolute atomic E-state index is 12.8. The van der Waals surface area contributed by atoms with Crippen LogP contribution in [-0.2, 0) is 4.79 Å². The minimum Gasteiger partial charge on any atom is -0.496 e. The lowest BCUT2D eigenvalue weighted by atomic mass is 10.1. The third kappa shape index (κ3) is 2.33. The highest BCUT2D eigenvalue weighted by Gasteiger charge is 2.28. The van der Waals surface area contributed by atoms with Crippen LogP contribution in [-0.4, -0.2) is 25.5 Å². The SMILES string of the molecule is COc1ccccc1C(=O)N1CC(=O)Nc2ccccc21. The van der Waals surface area contributed by atoms with Crippen LogP contribution in [0.3, 0.4) is 0 Å². The summed E-state index contributed by atoms with van der Waals surface area (Å²) in [5.74, 6) is 0.0256. The normalized spacial score (nSPS) is 13.4. The molecule has 2 amide bonds. The Morgan fingerprint density at radius 1 is 1.14 bits per heavy atom. The summed E-state index contributed by atoms with van der Waals surface area (Å²) < 4.78 is 5.22. The van der Waals surface area contributed by atoms with Crippen molar-refractivity contribution in [3.05, 3.63) is 54.1 Å². The van der Waals surface area contributed by atoms with E-state index in [4.69, 9.17) is 4.74 Å². The van der Waals surface area contributed by atoms with Gasteiger partial charge in [-0.15, -0.1) is 0 Å². The molecule has 21 heavy (non-hydrogen) atoms. The number of hydrogen-bond donors (Lipinski definition) is 1. The number of benzene rings is 2. The second-order valence-corrected chi connectivity index (χ2v) is 4.66. The Labute approximate surface area is 122 Å². The molecule has 0 saturated heterocycles. The number of methoxy groups -OCH3 is 1. The van der Waals surface area contributed by atoms with Crippen molar-refractivity contribution >= 4 is 23.2 Å². The van der Waals surface area contributed by atoms with Crippen molar-refractivity contribution in [2.45, 2.75) is 0 Å². The Balaban J connectivity index is 2.04. The van der Waals surface area contributed by atoms with E-state index in [1.54, 1.807) is 30.3 Å². The smallest absolute Gasteiger partial charge is 0.262 e. The van der Waals surface area contributed by atoms with Gasteiger partial charge in [-0.25, -0.2) is 0 Å². The van der Waals surface area contributed by atoms with E-state index in [9.17, 15) is 9.59 Å². The Bertz CT molecular complexity index is 712. The number of nitrogens with zero attached hydrogens (tertiary/aromatic N) is 1. The molecule has 0 saturated carbocycles. The predicted octanol–water partition coefficient (Wildman–Crippen LogP) is 2.29. The number of nitrogens with one attached hydrogen (secondary N) is 1. The van der Waals surface area contributed by atoms with Gasteiger partial charge in [0.1, 0.15) is 12.3 Å². The van der Waals surface area contributed by atoms with E-state index >= 15 is 0 Å². The predicted molar refractivity (Wildman–Crippen MR) is 79.7 cm³/mol. The van der Waals surface area contributed by atoms with Crippen LogP contribution in [0.1, 0.15) is 10.4 Å². The lowest BCUT2D eigenvalue weighted by Crippen LogP contribution is -2.42. The molecule has 3 rings (SSSR count). The molecule has 2 aromatic carbocycles. The van der Waals surface area contributed by atoms with Crippen molar-refractivity contribution in [2.75, 3.05) is 23.9 Å². The fourth-order valence-electron chi connectivity index (χ4n) is 2.38. The van der Waals surface area contributed by atoms with E-state index in [2.05, 4.69) is 5.32 Å². The molecule has 1 N–H and O–H groups in total. The van der Waals surface area contributed by atoms with Crippen LogP contribution in [0.2, 0.25) is 0 Å². The van der Waals surface area contributed by atoms with Gasteiger partial charge in [0.15, 0.2) is 0 Å². The van der Waals surface area contributed by atoms with E-state index in [1.807, 2.05) is 18.2 Å². The molecule has 1 aliphatic rings. The maximum Gasteiger partial charge on any atom is 0.262 e. The largest absolute Gasteiger partial charge is 0.496 e. The van der Waals surface area contributed by atoms with Gasteiger partial charge >= 0.3 is 0 Å². The van der Waals surface area contributed by atoms with E-state index in [-0.39, 0.29) is 18.4 Å². The van der Waals surface area contributed by atoms with Gasteiger partial charge in [0.05, 0.1) is 24.0 Å². The Morgan fingerprint density at radius 2 is 1.86 bits per heavy atom.